The largest absolute Gasteiger partial charge is 0.385 e. The van der Waals surface area contributed by atoms with Gasteiger partial charge in [0.15, 0.2) is 4.33 Å². The fourth-order valence-corrected chi connectivity index (χ4v) is 0.999. The number of nitrogens with one attached hydrogen (secondary N) is 1. The maximum atomic E-state index is 7.05. The van der Waals surface area contributed by atoms with E-state index in [4.69, 9.17) is 34.3 Å². The molecule has 0 saturated carbocycles. The molecule has 0 atom stereocenters. The Morgan fingerprint density at radius 3 is 2.36 bits per heavy atom. The molecule has 0 radical (unpaired) electrons. The number of unbranched alkanes of at least 4 members (excludes halogenated alkanes) is 2. The van der Waals surface area contributed by atoms with Crippen LogP contribution in [0.3, 0.4) is 0 Å². The molecule has 0 bridgehead atoms. The molecule has 3 N–H and O–H groups in total. The summed E-state index contributed by atoms with van der Waals surface area (Å²) < 4.78 is -1.14. The Morgan fingerprint density at radius 1 is 1.45 bits per heavy atom. The Hall–Kier alpha value is 0.0500. The molecule has 0 rings (SSSR count). The van der Waals surface area contributed by atoms with Crippen molar-refractivity contribution in [1.82, 2.24) is 0 Å². The molecule has 0 saturated heterocycles. The van der Waals surface area contributed by atoms with Gasteiger partial charge in [-0.3, -0.25) is 5.41 Å². The summed E-state index contributed by atoms with van der Waals surface area (Å²) in [7, 11) is 0. The van der Waals surface area contributed by atoms with Gasteiger partial charge in [-0.15, -0.1) is 0 Å². The first-order valence-electron chi connectivity index (χ1n) is 3.73. The van der Waals surface area contributed by atoms with Crippen LogP contribution in [0.15, 0.2) is 0 Å². The van der Waals surface area contributed by atoms with Gasteiger partial charge in [0.05, 0.1) is 0 Å². The highest BCUT2D eigenvalue weighted by atomic mass is 35.5. The zero-order chi connectivity index (χ0) is 8.91. The highest BCUT2D eigenvalue weighted by Gasteiger charge is 2.26. The van der Waals surface area contributed by atoms with Gasteiger partial charge in [-0.25, -0.2) is 0 Å². The molecule has 0 aromatic heterocycles. The van der Waals surface area contributed by atoms with E-state index in [0.29, 0.717) is 6.42 Å². The van der Waals surface area contributed by atoms with Crippen molar-refractivity contribution in [2.24, 2.45) is 5.73 Å². The highest BCUT2D eigenvalue weighted by Crippen LogP contribution is 2.27. The zero-order valence-electron chi connectivity index (χ0n) is 6.66. The lowest BCUT2D eigenvalue weighted by Gasteiger charge is -2.16. The molecule has 0 aromatic rings. The van der Waals surface area contributed by atoms with Crippen molar-refractivity contribution in [2.75, 3.05) is 0 Å². The Morgan fingerprint density at radius 2 is 2.00 bits per heavy atom. The van der Waals surface area contributed by atoms with Gasteiger partial charge in [0.25, 0.3) is 0 Å². The van der Waals surface area contributed by atoms with E-state index in [1.807, 2.05) is 0 Å². The second-order valence-electron chi connectivity index (χ2n) is 2.58. The number of alkyl halides is 2. The lowest BCUT2D eigenvalue weighted by molar-refractivity contribution is 0.665. The number of rotatable bonds is 5. The minimum Gasteiger partial charge on any atom is -0.385 e. The first-order chi connectivity index (χ1) is 5.00. The van der Waals surface area contributed by atoms with E-state index in [2.05, 4.69) is 6.92 Å². The van der Waals surface area contributed by atoms with Crippen LogP contribution in [-0.2, 0) is 0 Å². The SMILES string of the molecule is CCCCCC(Cl)(Cl)C(=N)N. The van der Waals surface area contributed by atoms with Gasteiger partial charge < -0.3 is 5.73 Å². The Bertz CT molecular complexity index is 134. The fourth-order valence-electron chi connectivity index (χ4n) is 0.732. The molecular weight excluding hydrogens is 183 g/mol. The third-order valence-electron chi connectivity index (χ3n) is 1.49. The van der Waals surface area contributed by atoms with Crippen LogP contribution in [0.4, 0.5) is 0 Å². The second-order valence-corrected chi connectivity index (χ2v) is 4.06. The predicted octanol–water partition coefficient (Wildman–Crippen LogP) is 2.68. The lowest BCUT2D eigenvalue weighted by Crippen LogP contribution is -2.32. The maximum Gasteiger partial charge on any atom is 0.174 e. The first-order valence-corrected chi connectivity index (χ1v) is 4.48. The molecule has 0 fully saturated rings. The Labute approximate surface area is 77.6 Å². The van der Waals surface area contributed by atoms with Crippen molar-refractivity contribution in [3.63, 3.8) is 0 Å². The van der Waals surface area contributed by atoms with Crippen LogP contribution in [0.1, 0.15) is 32.6 Å². The summed E-state index contributed by atoms with van der Waals surface area (Å²) in [5.41, 5.74) is 5.17. The molecule has 0 aliphatic rings. The molecule has 0 aliphatic carbocycles. The molecule has 0 aliphatic heterocycles. The van der Waals surface area contributed by atoms with Crippen molar-refractivity contribution in [3.8, 4) is 0 Å². The van der Waals surface area contributed by atoms with Crippen molar-refractivity contribution < 1.29 is 0 Å². The third kappa shape index (κ3) is 4.49. The lowest BCUT2D eigenvalue weighted by atomic mass is 10.1. The molecule has 0 amide bonds. The Kier molecular flexibility index (Phi) is 4.86. The van der Waals surface area contributed by atoms with Crippen molar-refractivity contribution in [1.29, 1.82) is 5.41 Å². The minimum absolute atomic E-state index is 0.156. The van der Waals surface area contributed by atoms with Crippen LogP contribution in [-0.4, -0.2) is 10.2 Å². The summed E-state index contributed by atoms with van der Waals surface area (Å²) in [6, 6.07) is 0. The van der Waals surface area contributed by atoms with E-state index in [0.717, 1.165) is 19.3 Å². The summed E-state index contributed by atoms with van der Waals surface area (Å²) in [4.78, 5) is 0. The molecule has 11 heavy (non-hydrogen) atoms. The summed E-state index contributed by atoms with van der Waals surface area (Å²) in [5.74, 6) is -0.156. The quantitative estimate of drug-likeness (QED) is 0.302. The van der Waals surface area contributed by atoms with E-state index in [1.54, 1.807) is 0 Å². The molecule has 2 nitrogen and oxygen atoms in total. The Balaban J connectivity index is 3.64. The monoisotopic (exact) mass is 196 g/mol. The number of nitrogens with two attached hydrogens (primary N) is 1. The number of halogens is 2. The van der Waals surface area contributed by atoms with Crippen molar-refractivity contribution in [2.45, 2.75) is 36.9 Å². The van der Waals surface area contributed by atoms with E-state index < -0.39 is 4.33 Å². The normalized spacial score (nSPS) is 11.5. The van der Waals surface area contributed by atoms with Crippen LogP contribution in [0.5, 0.6) is 0 Å². The van der Waals surface area contributed by atoms with Gasteiger partial charge in [-0.05, 0) is 12.8 Å². The molecular formula is C7H14Cl2N2. The van der Waals surface area contributed by atoms with Gasteiger partial charge in [0.2, 0.25) is 0 Å². The van der Waals surface area contributed by atoms with E-state index in [-0.39, 0.29) is 5.84 Å². The third-order valence-corrected chi connectivity index (χ3v) is 2.27. The maximum absolute atomic E-state index is 7.05. The van der Waals surface area contributed by atoms with Crippen molar-refractivity contribution >= 4 is 29.0 Å². The molecule has 0 heterocycles. The molecule has 4 heteroatoms. The van der Waals surface area contributed by atoms with Crippen molar-refractivity contribution in [3.05, 3.63) is 0 Å². The topological polar surface area (TPSA) is 49.9 Å². The number of hydrogen-bond acceptors (Lipinski definition) is 1. The van der Waals surface area contributed by atoms with Crippen LogP contribution in [0, 0.1) is 5.41 Å². The molecule has 0 unspecified atom stereocenters. The van der Waals surface area contributed by atoms with E-state index in [9.17, 15) is 0 Å². The average Bonchev–Trinajstić information content (AvgIpc) is 1.88. The summed E-state index contributed by atoms with van der Waals surface area (Å²) in [6.45, 7) is 2.10. The zero-order valence-corrected chi connectivity index (χ0v) is 8.17. The molecule has 0 aromatic carbocycles. The van der Waals surface area contributed by atoms with Gasteiger partial charge in [-0.2, -0.15) is 0 Å². The van der Waals surface area contributed by atoms with Gasteiger partial charge in [0.1, 0.15) is 5.84 Å². The van der Waals surface area contributed by atoms with Crippen LogP contribution >= 0.6 is 23.2 Å². The molecule has 0 spiro atoms. The van der Waals surface area contributed by atoms with Crippen LogP contribution in [0.25, 0.3) is 0 Å². The van der Waals surface area contributed by atoms with Gasteiger partial charge in [0, 0.05) is 0 Å². The second kappa shape index (κ2) is 4.83. The highest BCUT2D eigenvalue weighted by molar-refractivity contribution is 6.58. The average molecular weight is 197 g/mol. The molecule has 66 valence electrons. The number of hydrogen-bond donors (Lipinski definition) is 2. The standard InChI is InChI=1S/C7H14Cl2N2/c1-2-3-4-5-7(8,9)6(10)11/h2-5H2,1H3,(H3,10,11). The van der Waals surface area contributed by atoms with Gasteiger partial charge in [-0.1, -0.05) is 43.0 Å². The van der Waals surface area contributed by atoms with Gasteiger partial charge >= 0.3 is 0 Å². The fraction of sp³-hybridized carbons (Fsp3) is 0.857. The predicted molar refractivity (Wildman–Crippen MR) is 50.5 cm³/mol. The summed E-state index contributed by atoms with van der Waals surface area (Å²) in [6.07, 6.45) is 3.68. The summed E-state index contributed by atoms with van der Waals surface area (Å²) in [5, 5.41) is 7.05. The number of amidine groups is 1. The van der Waals surface area contributed by atoms with E-state index >= 15 is 0 Å². The minimum atomic E-state index is -1.14. The first kappa shape index (κ1) is 11.1. The van der Waals surface area contributed by atoms with E-state index in [1.165, 1.54) is 0 Å². The smallest absolute Gasteiger partial charge is 0.174 e. The summed E-state index contributed by atoms with van der Waals surface area (Å²) >= 11 is 11.4. The van der Waals surface area contributed by atoms with Crippen LogP contribution < -0.4 is 5.73 Å². The van der Waals surface area contributed by atoms with Crippen LogP contribution in [0.2, 0.25) is 0 Å².